The molecule has 0 saturated heterocycles. The quantitative estimate of drug-likeness (QED) is 0.482. The molecule has 0 unspecified atom stereocenters. The zero-order valence-corrected chi connectivity index (χ0v) is 13.1. The fourth-order valence-corrected chi connectivity index (χ4v) is 2.33. The van der Waals surface area contributed by atoms with Crippen molar-refractivity contribution in [1.29, 1.82) is 0 Å². The number of amides is 2. The van der Waals surface area contributed by atoms with E-state index < -0.39 is 22.2 Å². The van der Waals surface area contributed by atoms with Gasteiger partial charge in [0.15, 0.2) is 5.36 Å². The van der Waals surface area contributed by atoms with Crippen molar-refractivity contribution in [3.8, 4) is 11.5 Å². The Labute approximate surface area is 140 Å². The van der Waals surface area contributed by atoms with E-state index in [-0.39, 0.29) is 22.2 Å². The highest BCUT2D eigenvalue weighted by Gasteiger charge is 2.12. The number of hydrogen-bond acceptors (Lipinski definition) is 6. The molecule has 8 nitrogen and oxygen atoms in total. The summed E-state index contributed by atoms with van der Waals surface area (Å²) in [5, 5.41) is 15.5. The van der Waals surface area contributed by atoms with Crippen molar-refractivity contribution >= 4 is 22.5 Å². The number of carbonyl (C=O) groups excluding carboxylic acids is 1. The Morgan fingerprint density at radius 3 is 2.52 bits per heavy atom. The van der Waals surface area contributed by atoms with Crippen LogP contribution < -0.4 is 31.7 Å². The van der Waals surface area contributed by atoms with Gasteiger partial charge in [-0.05, 0) is 30.3 Å². The molecule has 0 saturated carbocycles. The largest absolute Gasteiger partial charge is 0.506 e. The third-order valence-electron chi connectivity index (χ3n) is 3.57. The van der Waals surface area contributed by atoms with E-state index in [1.165, 1.54) is 31.4 Å². The number of methoxy groups -OCH3 is 1. The second-order valence-corrected chi connectivity index (χ2v) is 5.11. The highest BCUT2D eigenvalue weighted by Crippen LogP contribution is 2.21. The lowest BCUT2D eigenvalue weighted by Crippen LogP contribution is -2.36. The molecule has 3 N–H and O–H groups in total. The van der Waals surface area contributed by atoms with E-state index in [0.29, 0.717) is 5.75 Å². The molecule has 3 aromatic rings. The number of anilines is 1. The molecule has 0 aromatic heterocycles. The number of phenols is 1. The average Bonchev–Trinajstić information content (AvgIpc) is 2.85. The zero-order chi connectivity index (χ0) is 18.0. The van der Waals surface area contributed by atoms with Gasteiger partial charge in [0.1, 0.15) is 11.5 Å². The van der Waals surface area contributed by atoms with Gasteiger partial charge < -0.3 is 15.2 Å². The van der Waals surface area contributed by atoms with Gasteiger partial charge in [0.25, 0.3) is 0 Å². The van der Waals surface area contributed by atoms with Crippen LogP contribution in [0.1, 0.15) is 0 Å². The Kier molecular flexibility index (Phi) is 4.17. The van der Waals surface area contributed by atoms with Gasteiger partial charge in [-0.3, -0.25) is 9.59 Å². The van der Waals surface area contributed by atoms with Gasteiger partial charge >= 0.3 is 6.03 Å². The highest BCUT2D eigenvalue weighted by atomic mass is 16.5. The van der Waals surface area contributed by atoms with Crippen LogP contribution in [0.2, 0.25) is 0 Å². The van der Waals surface area contributed by atoms with Gasteiger partial charge in [-0.1, -0.05) is 12.1 Å². The van der Waals surface area contributed by atoms with Crippen molar-refractivity contribution in [2.45, 2.75) is 0 Å². The Bertz CT molecular complexity index is 1110. The number of hydrogen-bond donors (Lipinski definition) is 3. The molecule has 126 valence electrons. The first kappa shape index (κ1) is 16.2. The smallest absolute Gasteiger partial charge is 0.339 e. The van der Waals surface area contributed by atoms with E-state index in [2.05, 4.69) is 15.8 Å². The molecule has 0 radical (unpaired) electrons. The summed E-state index contributed by atoms with van der Waals surface area (Å²) in [6.45, 7) is 0. The predicted octanol–water partition coefficient (Wildman–Crippen LogP) is 0.787. The van der Waals surface area contributed by atoms with E-state index in [1.807, 2.05) is 0 Å². The van der Waals surface area contributed by atoms with Crippen LogP contribution in [0.4, 0.5) is 10.5 Å². The van der Waals surface area contributed by atoms with Crippen molar-refractivity contribution in [1.82, 2.24) is 5.43 Å². The van der Waals surface area contributed by atoms with Gasteiger partial charge in [-0.15, -0.1) is 0 Å². The van der Waals surface area contributed by atoms with Crippen molar-refractivity contribution in [3.05, 3.63) is 68.3 Å². The SMILES string of the molecule is COc1ccc2c(=O)/c(=N\NC(=O)Nc3ccccc3O)c(=O)c2c1. The number of rotatable bonds is 3. The summed E-state index contributed by atoms with van der Waals surface area (Å²) < 4.78 is 5.03. The molecule has 3 aromatic carbocycles. The second-order valence-electron chi connectivity index (χ2n) is 5.11. The number of nitrogens with zero attached hydrogens (tertiary/aromatic N) is 1. The normalized spacial score (nSPS) is 11.5. The Morgan fingerprint density at radius 2 is 1.80 bits per heavy atom. The van der Waals surface area contributed by atoms with Crippen LogP contribution in [0.5, 0.6) is 11.5 Å². The standard InChI is InChI=1S/C17H13N3O5/c1-25-9-6-7-10-11(8-9)16(23)14(15(10)22)19-20-17(24)18-12-4-2-3-5-13(12)21/h2-8,21H,1H3,(H2,18,20,24)/b19-14+. The monoisotopic (exact) mass is 339 g/mol. The van der Waals surface area contributed by atoms with Crippen molar-refractivity contribution < 1.29 is 14.6 Å². The summed E-state index contributed by atoms with van der Waals surface area (Å²) in [6, 6.07) is 9.77. The average molecular weight is 339 g/mol. The maximum atomic E-state index is 12.3. The summed E-state index contributed by atoms with van der Waals surface area (Å²) in [6.07, 6.45) is 0. The van der Waals surface area contributed by atoms with E-state index in [4.69, 9.17) is 4.74 Å². The van der Waals surface area contributed by atoms with E-state index in [9.17, 15) is 19.5 Å². The van der Waals surface area contributed by atoms with E-state index in [0.717, 1.165) is 0 Å². The first-order chi connectivity index (χ1) is 12.0. The number of ether oxygens (including phenoxy) is 1. The number of nitrogens with one attached hydrogen (secondary N) is 2. The molecule has 0 aliphatic heterocycles. The van der Waals surface area contributed by atoms with Gasteiger partial charge in [-0.25, -0.2) is 10.2 Å². The number of para-hydroxylation sites is 2. The van der Waals surface area contributed by atoms with Crippen molar-refractivity contribution in [2.24, 2.45) is 5.10 Å². The first-order valence-corrected chi connectivity index (χ1v) is 7.21. The van der Waals surface area contributed by atoms with Crippen LogP contribution in [-0.2, 0) is 0 Å². The molecule has 2 amide bonds. The van der Waals surface area contributed by atoms with Crippen LogP contribution in [0.3, 0.4) is 0 Å². The minimum absolute atomic E-state index is 0.127. The first-order valence-electron chi connectivity index (χ1n) is 7.21. The fourth-order valence-electron chi connectivity index (χ4n) is 2.33. The maximum absolute atomic E-state index is 12.3. The summed E-state index contributed by atoms with van der Waals surface area (Å²) in [7, 11) is 1.45. The lowest BCUT2D eigenvalue weighted by atomic mass is 10.2. The Hall–Kier alpha value is -3.68. The molecule has 25 heavy (non-hydrogen) atoms. The minimum Gasteiger partial charge on any atom is -0.506 e. The summed E-state index contributed by atoms with van der Waals surface area (Å²) >= 11 is 0. The van der Waals surface area contributed by atoms with Gasteiger partial charge in [0.2, 0.25) is 10.9 Å². The molecular weight excluding hydrogens is 326 g/mol. The molecule has 0 spiro atoms. The highest BCUT2D eigenvalue weighted by molar-refractivity contribution is 5.90. The number of fused-ring (bicyclic) bond motifs is 1. The third kappa shape index (κ3) is 3.05. The predicted molar refractivity (Wildman–Crippen MR) is 91.2 cm³/mol. The Morgan fingerprint density at radius 1 is 1.08 bits per heavy atom. The van der Waals surface area contributed by atoms with E-state index in [1.54, 1.807) is 18.2 Å². The van der Waals surface area contributed by atoms with Crippen LogP contribution >= 0.6 is 0 Å². The van der Waals surface area contributed by atoms with Crippen molar-refractivity contribution in [3.63, 3.8) is 0 Å². The number of urea groups is 1. The van der Waals surface area contributed by atoms with Gasteiger partial charge in [0, 0.05) is 10.8 Å². The Balaban J connectivity index is 1.91. The second kappa shape index (κ2) is 6.44. The van der Waals surface area contributed by atoms with Crippen molar-refractivity contribution in [2.75, 3.05) is 12.4 Å². The number of benzene rings is 2. The lowest BCUT2D eigenvalue weighted by molar-refractivity contribution is 0.252. The van der Waals surface area contributed by atoms with E-state index >= 15 is 0 Å². The third-order valence-corrected chi connectivity index (χ3v) is 3.57. The van der Waals surface area contributed by atoms with Crippen LogP contribution in [0.25, 0.3) is 10.8 Å². The number of aromatic hydroxyl groups is 1. The molecule has 3 rings (SSSR count). The molecule has 8 heteroatoms. The van der Waals surface area contributed by atoms with Crippen LogP contribution in [0, 0.1) is 0 Å². The fraction of sp³-hybridized carbons (Fsp3) is 0.0588. The molecule has 0 bridgehead atoms. The van der Waals surface area contributed by atoms with Crippen LogP contribution in [-0.4, -0.2) is 18.2 Å². The molecule has 0 aliphatic carbocycles. The minimum atomic E-state index is -0.803. The van der Waals surface area contributed by atoms with Crippen LogP contribution in [0.15, 0.2) is 57.2 Å². The van der Waals surface area contributed by atoms with Gasteiger partial charge in [0.05, 0.1) is 12.8 Å². The zero-order valence-electron chi connectivity index (χ0n) is 13.1. The molecular formula is C17H13N3O5. The molecule has 0 fully saturated rings. The molecule has 0 atom stereocenters. The molecule has 0 heterocycles. The summed E-state index contributed by atoms with van der Waals surface area (Å²) in [5.41, 5.74) is 1.07. The van der Waals surface area contributed by atoms with Gasteiger partial charge in [-0.2, -0.15) is 5.10 Å². The molecule has 0 aliphatic rings. The summed E-state index contributed by atoms with van der Waals surface area (Å²) in [4.78, 5) is 36.3. The topological polar surface area (TPSA) is 117 Å². The number of carbonyl (C=O) groups is 1. The number of phenolic OH excluding ortho intramolecular Hbond substituents is 1. The maximum Gasteiger partial charge on any atom is 0.339 e. The lowest BCUT2D eigenvalue weighted by Gasteiger charge is -2.05. The summed E-state index contributed by atoms with van der Waals surface area (Å²) in [5.74, 6) is 0.309.